The molecule has 2 aliphatic rings. The Kier molecular flexibility index (Phi) is 4.49. The Morgan fingerprint density at radius 2 is 1.81 bits per heavy atom. The summed E-state index contributed by atoms with van der Waals surface area (Å²) in [5, 5.41) is 3.37. The maximum Gasteiger partial charge on any atom is 0.254 e. The molecule has 0 radical (unpaired) electrons. The number of benzene rings is 2. The van der Waals surface area contributed by atoms with Crippen LogP contribution in [0.1, 0.15) is 35.2 Å². The third-order valence-electron chi connectivity index (χ3n) is 5.58. The van der Waals surface area contributed by atoms with Gasteiger partial charge in [-0.3, -0.25) is 4.79 Å². The average molecular weight is 356 g/mol. The third-order valence-corrected chi connectivity index (χ3v) is 5.58. The minimum absolute atomic E-state index is 0.0949. The first-order valence-electron chi connectivity index (χ1n) is 9.14. The fourth-order valence-electron chi connectivity index (χ4n) is 4.26. The van der Waals surface area contributed by atoms with Gasteiger partial charge in [-0.05, 0) is 68.1 Å². The van der Waals surface area contributed by atoms with E-state index in [4.69, 9.17) is 0 Å². The van der Waals surface area contributed by atoms with Gasteiger partial charge >= 0.3 is 0 Å². The lowest BCUT2D eigenvalue weighted by atomic mass is 9.98. The van der Waals surface area contributed by atoms with Gasteiger partial charge in [0.1, 0.15) is 11.6 Å². The van der Waals surface area contributed by atoms with Gasteiger partial charge in [-0.2, -0.15) is 0 Å². The summed E-state index contributed by atoms with van der Waals surface area (Å²) in [4.78, 5) is 14.9. The van der Waals surface area contributed by atoms with E-state index in [1.165, 1.54) is 18.2 Å². The van der Waals surface area contributed by atoms with E-state index in [9.17, 15) is 13.6 Å². The van der Waals surface area contributed by atoms with Crippen molar-refractivity contribution in [1.82, 2.24) is 10.2 Å². The van der Waals surface area contributed by atoms with Crippen LogP contribution in [0.3, 0.4) is 0 Å². The molecule has 2 aromatic carbocycles. The van der Waals surface area contributed by atoms with E-state index in [0.29, 0.717) is 22.3 Å². The van der Waals surface area contributed by atoms with Crippen molar-refractivity contribution in [3.05, 3.63) is 59.2 Å². The predicted octanol–water partition coefficient (Wildman–Crippen LogP) is 3.91. The van der Waals surface area contributed by atoms with Crippen LogP contribution in [-0.4, -0.2) is 36.0 Å². The molecular weight excluding hydrogens is 334 g/mol. The Morgan fingerprint density at radius 3 is 2.58 bits per heavy atom. The molecular formula is C21H22F2N2O. The monoisotopic (exact) mass is 356 g/mol. The van der Waals surface area contributed by atoms with Gasteiger partial charge in [0.15, 0.2) is 0 Å². The van der Waals surface area contributed by atoms with E-state index in [2.05, 4.69) is 5.32 Å². The molecule has 2 unspecified atom stereocenters. The van der Waals surface area contributed by atoms with Crippen LogP contribution in [0.25, 0.3) is 11.1 Å². The maximum atomic E-state index is 14.8. The van der Waals surface area contributed by atoms with Gasteiger partial charge in [-0.1, -0.05) is 12.1 Å². The summed E-state index contributed by atoms with van der Waals surface area (Å²) in [5.41, 5.74) is 2.07. The largest absolute Gasteiger partial charge is 0.331 e. The Bertz CT molecular complexity index is 838. The predicted molar refractivity (Wildman–Crippen MR) is 97.0 cm³/mol. The number of nitrogens with zero attached hydrogens (tertiary/aromatic N) is 1. The Morgan fingerprint density at radius 1 is 1.04 bits per heavy atom. The maximum absolute atomic E-state index is 14.8. The van der Waals surface area contributed by atoms with Crippen LogP contribution in [0.2, 0.25) is 0 Å². The van der Waals surface area contributed by atoms with Crippen molar-refractivity contribution < 1.29 is 13.6 Å². The molecule has 0 spiro atoms. The standard InChI is InChI=1S/C21H22F2N2O/c1-13-10-15(22)3-7-18(13)19-6-2-14(11-20(19)23)21(26)25-16-4-5-17(25)12-24-9-8-16/h2-3,6-7,10-11,16-17,24H,4-5,8-9,12H2,1H3. The molecule has 0 saturated carbocycles. The minimum Gasteiger partial charge on any atom is -0.331 e. The van der Waals surface area contributed by atoms with Crippen molar-refractivity contribution in [1.29, 1.82) is 0 Å². The zero-order chi connectivity index (χ0) is 18.3. The van der Waals surface area contributed by atoms with E-state index in [1.54, 1.807) is 25.1 Å². The van der Waals surface area contributed by atoms with Crippen LogP contribution in [0.4, 0.5) is 8.78 Å². The van der Waals surface area contributed by atoms with Crippen molar-refractivity contribution in [2.24, 2.45) is 0 Å². The third kappa shape index (κ3) is 3.01. The molecule has 4 rings (SSSR count). The van der Waals surface area contributed by atoms with Gasteiger partial charge in [-0.15, -0.1) is 0 Å². The Balaban J connectivity index is 1.64. The summed E-state index contributed by atoms with van der Waals surface area (Å²) < 4.78 is 28.1. The molecule has 136 valence electrons. The van der Waals surface area contributed by atoms with Crippen LogP contribution in [-0.2, 0) is 0 Å². The zero-order valence-electron chi connectivity index (χ0n) is 14.8. The second kappa shape index (κ2) is 6.80. The smallest absolute Gasteiger partial charge is 0.254 e. The van der Waals surface area contributed by atoms with E-state index < -0.39 is 5.82 Å². The molecule has 2 bridgehead atoms. The molecule has 2 atom stereocenters. The van der Waals surface area contributed by atoms with Crippen molar-refractivity contribution in [3.8, 4) is 11.1 Å². The molecule has 1 N–H and O–H groups in total. The van der Waals surface area contributed by atoms with Crippen LogP contribution >= 0.6 is 0 Å². The molecule has 2 fully saturated rings. The van der Waals surface area contributed by atoms with Gasteiger partial charge < -0.3 is 10.2 Å². The van der Waals surface area contributed by atoms with Crippen molar-refractivity contribution in [2.75, 3.05) is 13.1 Å². The molecule has 3 nitrogen and oxygen atoms in total. The number of carbonyl (C=O) groups excluding carboxylic acids is 1. The molecule has 5 heteroatoms. The fraction of sp³-hybridized carbons (Fsp3) is 0.381. The highest BCUT2D eigenvalue weighted by Crippen LogP contribution is 2.31. The first-order valence-corrected chi connectivity index (χ1v) is 9.14. The lowest BCUT2D eigenvalue weighted by Gasteiger charge is -2.28. The highest BCUT2D eigenvalue weighted by atomic mass is 19.1. The number of amides is 1. The number of aryl methyl sites for hydroxylation is 1. The van der Waals surface area contributed by atoms with E-state index in [1.807, 2.05) is 4.90 Å². The second-order valence-electron chi connectivity index (χ2n) is 7.24. The molecule has 0 aromatic heterocycles. The van der Waals surface area contributed by atoms with Crippen LogP contribution in [0, 0.1) is 18.6 Å². The number of nitrogens with one attached hydrogen (secondary N) is 1. The number of fused-ring (bicyclic) bond motifs is 2. The molecule has 26 heavy (non-hydrogen) atoms. The van der Waals surface area contributed by atoms with Crippen molar-refractivity contribution >= 4 is 5.91 Å². The van der Waals surface area contributed by atoms with Gasteiger partial charge in [0.05, 0.1) is 0 Å². The van der Waals surface area contributed by atoms with Crippen molar-refractivity contribution in [3.63, 3.8) is 0 Å². The van der Waals surface area contributed by atoms with Crippen LogP contribution in [0.15, 0.2) is 36.4 Å². The topological polar surface area (TPSA) is 32.3 Å². The summed E-state index contributed by atoms with van der Waals surface area (Å²) in [7, 11) is 0. The zero-order valence-corrected chi connectivity index (χ0v) is 14.8. The minimum atomic E-state index is -0.453. The molecule has 2 aliphatic heterocycles. The number of hydrogen-bond acceptors (Lipinski definition) is 2. The highest BCUT2D eigenvalue weighted by molar-refractivity contribution is 5.95. The number of carbonyl (C=O) groups is 1. The summed E-state index contributed by atoms with van der Waals surface area (Å²) in [6.45, 7) is 3.47. The van der Waals surface area contributed by atoms with E-state index in [0.717, 1.165) is 32.4 Å². The van der Waals surface area contributed by atoms with Crippen LogP contribution in [0.5, 0.6) is 0 Å². The SMILES string of the molecule is Cc1cc(F)ccc1-c1ccc(C(=O)N2C3CCNCC2CC3)cc1F. The lowest BCUT2D eigenvalue weighted by Crippen LogP contribution is -2.42. The van der Waals surface area contributed by atoms with E-state index >= 15 is 0 Å². The normalized spacial score (nSPS) is 22.3. The number of halogens is 2. The number of hydrogen-bond donors (Lipinski definition) is 1. The molecule has 1 amide bonds. The number of rotatable bonds is 2. The second-order valence-corrected chi connectivity index (χ2v) is 7.24. The summed E-state index contributed by atoms with van der Waals surface area (Å²) in [6, 6.07) is 9.34. The summed E-state index contributed by atoms with van der Waals surface area (Å²) in [6.07, 6.45) is 2.96. The van der Waals surface area contributed by atoms with Crippen molar-refractivity contribution in [2.45, 2.75) is 38.3 Å². The van der Waals surface area contributed by atoms with Gasteiger partial charge in [-0.25, -0.2) is 8.78 Å². The van der Waals surface area contributed by atoms with Crippen LogP contribution < -0.4 is 5.32 Å². The molecule has 2 aromatic rings. The summed E-state index contributed by atoms with van der Waals surface area (Å²) in [5.74, 6) is -0.892. The van der Waals surface area contributed by atoms with Gasteiger partial charge in [0.2, 0.25) is 0 Å². The summed E-state index contributed by atoms with van der Waals surface area (Å²) >= 11 is 0. The molecule has 2 saturated heterocycles. The van der Waals surface area contributed by atoms with Gasteiger partial charge in [0, 0.05) is 29.8 Å². The molecule has 0 aliphatic carbocycles. The Hall–Kier alpha value is -2.27. The lowest BCUT2D eigenvalue weighted by molar-refractivity contribution is 0.0680. The quantitative estimate of drug-likeness (QED) is 0.885. The van der Waals surface area contributed by atoms with Gasteiger partial charge in [0.25, 0.3) is 5.91 Å². The molecule has 2 heterocycles. The highest BCUT2D eigenvalue weighted by Gasteiger charge is 2.38. The fourth-order valence-corrected chi connectivity index (χ4v) is 4.26. The van der Waals surface area contributed by atoms with E-state index in [-0.39, 0.29) is 23.8 Å². The Labute approximate surface area is 152 Å². The first-order chi connectivity index (χ1) is 12.5. The first kappa shape index (κ1) is 17.2. The average Bonchev–Trinajstić information content (AvgIpc) is 2.87.